The van der Waals surface area contributed by atoms with E-state index in [1.807, 2.05) is 24.3 Å². The van der Waals surface area contributed by atoms with Gasteiger partial charge >= 0.3 is 0 Å². The lowest BCUT2D eigenvalue weighted by Crippen LogP contribution is -2.31. The van der Waals surface area contributed by atoms with Crippen LogP contribution in [0.15, 0.2) is 51.6 Å². The highest BCUT2D eigenvalue weighted by atomic mass is 16.5. The molecule has 3 rings (SSSR count). The van der Waals surface area contributed by atoms with Crippen LogP contribution >= 0.6 is 0 Å². The summed E-state index contributed by atoms with van der Waals surface area (Å²) in [5, 5.41) is 6.95. The summed E-state index contributed by atoms with van der Waals surface area (Å²) in [5.74, 6) is 2.29. The third kappa shape index (κ3) is 4.75. The lowest BCUT2D eigenvalue weighted by atomic mass is 9.95. The van der Waals surface area contributed by atoms with Crippen molar-refractivity contribution in [3.63, 3.8) is 0 Å². The summed E-state index contributed by atoms with van der Waals surface area (Å²) in [6.07, 6.45) is 2.18. The van der Waals surface area contributed by atoms with Crippen LogP contribution in [0.3, 0.4) is 0 Å². The molecule has 1 unspecified atom stereocenters. The molecule has 3 aromatic rings. The van der Waals surface area contributed by atoms with Gasteiger partial charge in [0.1, 0.15) is 5.75 Å². The van der Waals surface area contributed by atoms with E-state index in [2.05, 4.69) is 29.3 Å². The normalized spacial score (nSPS) is 12.1. The number of nitrogens with one attached hydrogen (secondary N) is 1. The first-order chi connectivity index (χ1) is 13.1. The van der Waals surface area contributed by atoms with Crippen molar-refractivity contribution in [2.45, 2.75) is 32.7 Å². The third-order valence-corrected chi connectivity index (χ3v) is 4.23. The van der Waals surface area contributed by atoms with Crippen LogP contribution in [0.25, 0.3) is 11.6 Å². The number of rotatable bonds is 8. The Balaban J connectivity index is 1.58. The maximum absolute atomic E-state index is 12.4. The first-order valence-electron chi connectivity index (χ1n) is 8.86. The maximum Gasteiger partial charge on any atom is 0.238 e. The molecule has 0 saturated carbocycles. The monoisotopic (exact) mass is 369 g/mol. The number of ether oxygens (including phenoxy) is 1. The molecular formula is C20H23N3O4. The van der Waals surface area contributed by atoms with Gasteiger partial charge in [-0.15, -0.1) is 0 Å². The number of furan rings is 1. The first kappa shape index (κ1) is 18.7. The summed E-state index contributed by atoms with van der Waals surface area (Å²) in [4.78, 5) is 16.7. The van der Waals surface area contributed by atoms with E-state index in [9.17, 15) is 4.79 Å². The summed E-state index contributed by atoms with van der Waals surface area (Å²) < 4.78 is 15.6. The van der Waals surface area contributed by atoms with Gasteiger partial charge in [-0.1, -0.05) is 31.1 Å². The van der Waals surface area contributed by atoms with Gasteiger partial charge in [0.2, 0.25) is 17.6 Å². The summed E-state index contributed by atoms with van der Waals surface area (Å²) in [7, 11) is 1.63. The van der Waals surface area contributed by atoms with Crippen molar-refractivity contribution < 1.29 is 18.5 Å². The van der Waals surface area contributed by atoms with Gasteiger partial charge in [-0.3, -0.25) is 4.79 Å². The number of carbonyl (C=O) groups excluding carboxylic acids is 1. The summed E-state index contributed by atoms with van der Waals surface area (Å²) in [6.45, 7) is 4.14. The topological polar surface area (TPSA) is 90.4 Å². The second-order valence-corrected chi connectivity index (χ2v) is 6.55. The Labute approximate surface area is 157 Å². The van der Waals surface area contributed by atoms with Gasteiger partial charge in [-0.2, -0.15) is 4.98 Å². The molecule has 0 aliphatic rings. The number of carbonyl (C=O) groups is 1. The zero-order chi connectivity index (χ0) is 19.2. The lowest BCUT2D eigenvalue weighted by Gasteiger charge is -2.23. The van der Waals surface area contributed by atoms with Crippen LogP contribution in [0.2, 0.25) is 0 Å². The van der Waals surface area contributed by atoms with Gasteiger partial charge in [0.15, 0.2) is 5.76 Å². The minimum Gasteiger partial charge on any atom is -0.497 e. The highest BCUT2D eigenvalue weighted by Crippen LogP contribution is 2.24. The molecule has 1 amide bonds. The van der Waals surface area contributed by atoms with Crippen molar-refractivity contribution in [3.8, 4) is 17.3 Å². The number of nitrogens with zero attached hydrogens (tertiary/aromatic N) is 2. The van der Waals surface area contributed by atoms with Crippen molar-refractivity contribution in [1.29, 1.82) is 0 Å². The molecular weight excluding hydrogens is 346 g/mol. The Morgan fingerprint density at radius 3 is 2.63 bits per heavy atom. The molecule has 2 heterocycles. The van der Waals surface area contributed by atoms with E-state index in [0.717, 1.165) is 11.3 Å². The van der Waals surface area contributed by atoms with Gasteiger partial charge in [0.25, 0.3) is 0 Å². The second-order valence-electron chi connectivity index (χ2n) is 6.55. The Morgan fingerprint density at radius 2 is 2.00 bits per heavy atom. The van der Waals surface area contributed by atoms with Crippen LogP contribution in [0.1, 0.15) is 37.8 Å². The van der Waals surface area contributed by atoms with Crippen LogP contribution in [0.4, 0.5) is 0 Å². The summed E-state index contributed by atoms with van der Waals surface area (Å²) >= 11 is 0. The summed E-state index contributed by atoms with van der Waals surface area (Å²) in [6, 6.07) is 11.2. The molecule has 0 aliphatic heterocycles. The van der Waals surface area contributed by atoms with Crippen molar-refractivity contribution in [1.82, 2.24) is 15.5 Å². The van der Waals surface area contributed by atoms with Gasteiger partial charge in [0, 0.05) is 12.8 Å². The predicted octanol–water partition coefficient (Wildman–Crippen LogP) is 3.78. The largest absolute Gasteiger partial charge is 0.497 e. The van der Waals surface area contributed by atoms with Crippen LogP contribution in [-0.4, -0.2) is 23.2 Å². The molecule has 0 radical (unpaired) electrons. The predicted molar refractivity (Wildman–Crippen MR) is 99.0 cm³/mol. The van der Waals surface area contributed by atoms with E-state index < -0.39 is 0 Å². The number of aryl methyl sites for hydroxylation is 1. The molecule has 0 aliphatic carbocycles. The zero-order valence-corrected chi connectivity index (χ0v) is 15.6. The van der Waals surface area contributed by atoms with Crippen LogP contribution < -0.4 is 10.1 Å². The molecule has 7 nitrogen and oxygen atoms in total. The zero-order valence-electron chi connectivity index (χ0n) is 15.6. The van der Waals surface area contributed by atoms with E-state index in [1.165, 1.54) is 0 Å². The van der Waals surface area contributed by atoms with Gasteiger partial charge in [-0.25, -0.2) is 0 Å². The fourth-order valence-corrected chi connectivity index (χ4v) is 2.77. The van der Waals surface area contributed by atoms with Crippen molar-refractivity contribution in [2.75, 3.05) is 7.11 Å². The number of hydrogen-bond donors (Lipinski definition) is 1. The van der Waals surface area contributed by atoms with E-state index in [1.54, 1.807) is 25.5 Å². The Morgan fingerprint density at radius 1 is 1.22 bits per heavy atom. The molecule has 0 spiro atoms. The molecule has 27 heavy (non-hydrogen) atoms. The molecule has 1 aromatic carbocycles. The van der Waals surface area contributed by atoms with Crippen LogP contribution in [0.5, 0.6) is 5.75 Å². The molecule has 7 heteroatoms. The summed E-state index contributed by atoms with van der Waals surface area (Å²) in [5.41, 5.74) is 1.04. The van der Waals surface area contributed by atoms with E-state index in [-0.39, 0.29) is 24.3 Å². The Bertz CT molecular complexity index is 854. The van der Waals surface area contributed by atoms with Crippen LogP contribution in [0, 0.1) is 5.92 Å². The van der Waals surface area contributed by atoms with Crippen molar-refractivity contribution in [3.05, 3.63) is 54.1 Å². The second kappa shape index (κ2) is 8.53. The fourth-order valence-electron chi connectivity index (χ4n) is 2.77. The average molecular weight is 369 g/mol. The quantitative estimate of drug-likeness (QED) is 0.650. The van der Waals surface area contributed by atoms with E-state index in [4.69, 9.17) is 13.7 Å². The van der Waals surface area contributed by atoms with E-state index in [0.29, 0.717) is 23.9 Å². The van der Waals surface area contributed by atoms with E-state index >= 15 is 0 Å². The fraction of sp³-hybridized carbons (Fsp3) is 0.350. The lowest BCUT2D eigenvalue weighted by molar-refractivity contribution is -0.122. The highest BCUT2D eigenvalue weighted by molar-refractivity contribution is 5.76. The average Bonchev–Trinajstić information content (AvgIpc) is 3.35. The molecule has 142 valence electrons. The maximum atomic E-state index is 12.4. The Kier molecular flexibility index (Phi) is 5.90. The SMILES string of the molecule is COc1ccc(C(NC(=O)CCc2nc(-c3ccco3)no2)C(C)C)cc1. The number of hydrogen-bond acceptors (Lipinski definition) is 6. The minimum atomic E-state index is -0.0789. The van der Waals surface area contributed by atoms with Crippen molar-refractivity contribution in [2.24, 2.45) is 5.92 Å². The highest BCUT2D eigenvalue weighted by Gasteiger charge is 2.19. The van der Waals surface area contributed by atoms with Gasteiger partial charge in [-0.05, 0) is 35.7 Å². The number of methoxy groups -OCH3 is 1. The molecule has 0 fully saturated rings. The molecule has 1 N–H and O–H groups in total. The van der Waals surface area contributed by atoms with Crippen molar-refractivity contribution >= 4 is 5.91 Å². The number of benzene rings is 1. The molecule has 0 bridgehead atoms. The smallest absolute Gasteiger partial charge is 0.238 e. The van der Waals surface area contributed by atoms with Gasteiger partial charge < -0.3 is 19.0 Å². The standard InChI is InChI=1S/C20H23N3O4/c1-13(2)19(14-6-8-15(25-3)9-7-14)21-17(24)10-11-18-22-20(23-27-18)16-5-4-12-26-16/h4-9,12-13,19H,10-11H2,1-3H3,(H,21,24). The third-order valence-electron chi connectivity index (χ3n) is 4.23. The molecule has 0 saturated heterocycles. The minimum absolute atomic E-state index is 0.0673. The number of amides is 1. The van der Waals surface area contributed by atoms with Crippen LogP contribution in [-0.2, 0) is 11.2 Å². The Hall–Kier alpha value is -3.09. The number of aromatic nitrogens is 2. The molecule has 2 aromatic heterocycles. The first-order valence-corrected chi connectivity index (χ1v) is 8.86. The van der Waals surface area contributed by atoms with Gasteiger partial charge in [0.05, 0.1) is 19.4 Å². The molecule has 1 atom stereocenters.